The summed E-state index contributed by atoms with van der Waals surface area (Å²) >= 11 is 14.0. The van der Waals surface area contributed by atoms with Gasteiger partial charge in [0, 0.05) is 85.4 Å². The third-order valence-corrected chi connectivity index (χ3v) is 10.2. The number of hydrogen-bond acceptors (Lipinski definition) is 9. The molecule has 5 N–H and O–H groups in total. The van der Waals surface area contributed by atoms with Gasteiger partial charge in [0.1, 0.15) is 11.5 Å². The summed E-state index contributed by atoms with van der Waals surface area (Å²) in [5.41, 5.74) is 3.31. The van der Waals surface area contributed by atoms with E-state index < -0.39 is 18.0 Å². The lowest BCUT2D eigenvalue weighted by Gasteiger charge is -2.24. The first kappa shape index (κ1) is 40.1. The Kier molecular flexibility index (Phi) is 12.5. The average Bonchev–Trinajstić information content (AvgIpc) is 3.60. The molecule has 0 saturated carbocycles. The van der Waals surface area contributed by atoms with Crippen molar-refractivity contribution in [3.05, 3.63) is 104 Å². The number of hydrogen-bond donors (Lipinski definition) is 5. The molecule has 1 aliphatic rings. The molecular formula is C39H38Cl2FN7O7. The third-order valence-electron chi connectivity index (χ3n) is 9.42. The lowest BCUT2D eigenvalue weighted by molar-refractivity contribution is -0.122. The maximum absolute atomic E-state index is 15.8. The van der Waals surface area contributed by atoms with Gasteiger partial charge in [-0.2, -0.15) is 0 Å². The van der Waals surface area contributed by atoms with Crippen LogP contribution in [0.3, 0.4) is 0 Å². The van der Waals surface area contributed by atoms with Crippen LogP contribution in [0.4, 0.5) is 9.18 Å². The quantitative estimate of drug-likeness (QED) is 0.103. The van der Waals surface area contributed by atoms with Crippen molar-refractivity contribution in [2.24, 2.45) is 0 Å². The third kappa shape index (κ3) is 8.76. The summed E-state index contributed by atoms with van der Waals surface area (Å²) < 4.78 is 22.6. The van der Waals surface area contributed by atoms with Crippen molar-refractivity contribution in [3.8, 4) is 39.4 Å². The number of aliphatic hydroxyl groups excluding tert-OH is 1. The zero-order chi connectivity index (χ0) is 40.1. The van der Waals surface area contributed by atoms with Crippen LogP contribution in [0, 0.1) is 5.82 Å². The average molecular weight is 807 g/mol. The molecule has 3 aromatic heterocycles. The minimum absolute atomic E-state index is 0.0260. The van der Waals surface area contributed by atoms with Crippen molar-refractivity contribution in [1.29, 1.82) is 0 Å². The summed E-state index contributed by atoms with van der Waals surface area (Å²) in [7, 11) is 2.80. The summed E-state index contributed by atoms with van der Waals surface area (Å²) in [4.78, 5) is 58.4. The van der Waals surface area contributed by atoms with E-state index in [0.29, 0.717) is 56.9 Å². The molecule has 17 heteroatoms. The number of halogens is 3. The lowest BCUT2D eigenvalue weighted by atomic mass is 9.97. The van der Waals surface area contributed by atoms with Crippen LogP contribution >= 0.6 is 23.2 Å². The fraction of sp³-hybridized carbons (Fsp3) is 0.282. The minimum Gasteiger partial charge on any atom is -0.481 e. The largest absolute Gasteiger partial charge is 0.481 e. The minimum atomic E-state index is -1.28. The Labute approximate surface area is 330 Å². The molecule has 0 unspecified atom stereocenters. The van der Waals surface area contributed by atoms with Crippen LogP contribution in [0.25, 0.3) is 39.2 Å². The zero-order valence-electron chi connectivity index (χ0n) is 30.3. The predicted molar refractivity (Wildman–Crippen MR) is 208 cm³/mol. The van der Waals surface area contributed by atoms with Crippen LogP contribution in [0.15, 0.2) is 71.8 Å². The SMILES string of the molecule is CNC(=O)C[C@H](O)CNCc1cnc2cc(-c3cccc(-c4cccc(-c5cc(F)c(CN(C[C@@H]6CCC(=O)N6)C(=O)O)c(OC)n5)c4Cl)c3Cl)ccn2c1=O. The number of aromatic nitrogens is 3. The van der Waals surface area contributed by atoms with Gasteiger partial charge in [0.25, 0.3) is 5.56 Å². The Hall–Kier alpha value is -5.61. The first-order valence-corrected chi connectivity index (χ1v) is 18.3. The van der Waals surface area contributed by atoms with Gasteiger partial charge in [-0.25, -0.2) is 19.2 Å². The second-order valence-electron chi connectivity index (χ2n) is 13.2. The van der Waals surface area contributed by atoms with E-state index in [-0.39, 0.29) is 78.2 Å². The molecule has 4 heterocycles. The fourth-order valence-electron chi connectivity index (χ4n) is 6.51. The Morgan fingerprint density at radius 1 is 1.09 bits per heavy atom. The summed E-state index contributed by atoms with van der Waals surface area (Å²) in [5.74, 6) is -1.33. The Morgan fingerprint density at radius 2 is 1.79 bits per heavy atom. The summed E-state index contributed by atoms with van der Waals surface area (Å²) in [6, 6.07) is 14.8. The lowest BCUT2D eigenvalue weighted by Crippen LogP contribution is -2.41. The highest BCUT2D eigenvalue weighted by molar-refractivity contribution is 6.39. The Balaban J connectivity index is 1.25. The van der Waals surface area contributed by atoms with Gasteiger partial charge in [0.15, 0.2) is 0 Å². The van der Waals surface area contributed by atoms with Gasteiger partial charge in [0.05, 0.1) is 47.5 Å². The highest BCUT2D eigenvalue weighted by Crippen LogP contribution is 2.42. The second-order valence-corrected chi connectivity index (χ2v) is 13.9. The predicted octanol–water partition coefficient (Wildman–Crippen LogP) is 4.89. The topological polar surface area (TPSA) is 187 Å². The summed E-state index contributed by atoms with van der Waals surface area (Å²) in [6.07, 6.45) is 1.56. The highest BCUT2D eigenvalue weighted by Gasteiger charge is 2.28. The molecule has 1 fully saturated rings. The van der Waals surface area contributed by atoms with E-state index >= 15 is 4.39 Å². The molecule has 1 aliphatic heterocycles. The molecule has 2 aromatic carbocycles. The molecule has 0 bridgehead atoms. The standard InChI is InChI=1S/C39H38Cl2FN7O7/c1-43-34(52)14-24(50)18-44-16-22-17-45-32-13-21(11-12-49(32)38(22)53)25-5-3-6-26(35(25)40)27-7-4-8-28(36(27)41)31-15-30(42)29(37(47-31)56-2)20-48(39(54)55)19-23-9-10-33(51)46-23/h3-8,11-13,15,17,23-24,44,50H,9-10,14,16,18-20H2,1-2H3,(H,43,52)(H,46,51)(H,54,55)/t23-,24-/m0/s1. The van der Waals surface area contributed by atoms with E-state index in [1.807, 2.05) is 6.07 Å². The zero-order valence-corrected chi connectivity index (χ0v) is 31.8. The van der Waals surface area contributed by atoms with E-state index in [0.717, 1.165) is 4.90 Å². The first-order valence-electron chi connectivity index (χ1n) is 17.6. The molecular weight excluding hydrogens is 768 g/mol. The maximum Gasteiger partial charge on any atom is 0.407 e. The van der Waals surface area contributed by atoms with Crippen molar-refractivity contribution < 1.29 is 33.7 Å². The van der Waals surface area contributed by atoms with Crippen LogP contribution < -0.4 is 26.2 Å². The van der Waals surface area contributed by atoms with Gasteiger partial charge in [-0.3, -0.25) is 18.8 Å². The van der Waals surface area contributed by atoms with Gasteiger partial charge < -0.3 is 35.8 Å². The second kappa shape index (κ2) is 17.5. The van der Waals surface area contributed by atoms with Crippen molar-refractivity contribution in [2.45, 2.75) is 44.5 Å². The number of carbonyl (C=O) groups is 3. The van der Waals surface area contributed by atoms with Crippen molar-refractivity contribution >= 4 is 46.8 Å². The molecule has 1 saturated heterocycles. The number of aliphatic hydroxyl groups is 1. The molecule has 14 nitrogen and oxygen atoms in total. The van der Waals surface area contributed by atoms with E-state index in [2.05, 4.69) is 25.9 Å². The molecule has 0 aliphatic carbocycles. The van der Waals surface area contributed by atoms with Crippen LogP contribution in [0.5, 0.6) is 5.88 Å². The van der Waals surface area contributed by atoms with Crippen molar-refractivity contribution in [1.82, 2.24) is 35.2 Å². The fourth-order valence-corrected chi connectivity index (χ4v) is 7.18. The van der Waals surface area contributed by atoms with Crippen molar-refractivity contribution in [3.63, 3.8) is 0 Å². The first-order chi connectivity index (χ1) is 26.9. The number of carboxylic acid groups (broad SMARTS) is 1. The monoisotopic (exact) mass is 805 g/mol. The van der Waals surface area contributed by atoms with E-state index in [1.165, 1.54) is 30.8 Å². The number of nitrogens with zero attached hydrogens (tertiary/aromatic N) is 4. The van der Waals surface area contributed by atoms with Gasteiger partial charge in [-0.05, 0) is 24.1 Å². The number of fused-ring (bicyclic) bond motifs is 1. The smallest absolute Gasteiger partial charge is 0.407 e. The highest BCUT2D eigenvalue weighted by atomic mass is 35.5. The number of rotatable bonds is 14. The number of benzene rings is 2. The number of ether oxygens (including phenoxy) is 1. The number of pyridine rings is 2. The van der Waals surface area contributed by atoms with Crippen LogP contribution in [-0.4, -0.2) is 86.8 Å². The van der Waals surface area contributed by atoms with Gasteiger partial charge in [0.2, 0.25) is 17.7 Å². The van der Waals surface area contributed by atoms with E-state index in [4.69, 9.17) is 27.9 Å². The molecule has 5 aromatic rings. The number of carbonyl (C=O) groups excluding carboxylic acids is 2. The Bertz CT molecular complexity index is 2380. The Morgan fingerprint density at radius 3 is 2.45 bits per heavy atom. The number of methoxy groups -OCH3 is 1. The van der Waals surface area contributed by atoms with E-state index in [9.17, 15) is 29.4 Å². The molecule has 3 amide bonds. The van der Waals surface area contributed by atoms with Crippen molar-refractivity contribution in [2.75, 3.05) is 27.2 Å². The summed E-state index contributed by atoms with van der Waals surface area (Å²) in [6.45, 7) is -0.132. The van der Waals surface area contributed by atoms with Crippen LogP contribution in [0.2, 0.25) is 10.0 Å². The molecule has 2 atom stereocenters. The van der Waals surface area contributed by atoms with E-state index in [1.54, 1.807) is 48.7 Å². The van der Waals surface area contributed by atoms with Gasteiger partial charge in [-0.15, -0.1) is 0 Å². The molecule has 6 rings (SSSR count). The number of nitrogens with one attached hydrogen (secondary N) is 3. The van der Waals surface area contributed by atoms with Crippen LogP contribution in [-0.2, 0) is 22.7 Å². The van der Waals surface area contributed by atoms with Crippen LogP contribution in [0.1, 0.15) is 30.4 Å². The normalized spacial score (nSPS) is 14.4. The molecule has 0 spiro atoms. The maximum atomic E-state index is 15.8. The number of amides is 3. The molecule has 56 heavy (non-hydrogen) atoms. The van der Waals surface area contributed by atoms with Gasteiger partial charge >= 0.3 is 6.09 Å². The molecule has 0 radical (unpaired) electrons. The molecule has 292 valence electrons. The summed E-state index contributed by atoms with van der Waals surface area (Å²) in [5, 5.41) is 28.6. The van der Waals surface area contributed by atoms with Gasteiger partial charge in [-0.1, -0.05) is 59.6 Å².